The molecular weight excluding hydrogens is 490 g/mol. The molecule has 0 radical (unpaired) electrons. The van der Waals surface area contributed by atoms with Crippen LogP contribution in [0.2, 0.25) is 0 Å². The predicted molar refractivity (Wildman–Crippen MR) is 157 cm³/mol. The second kappa shape index (κ2) is 16.8. The number of carbonyl (C=O) groups excluding carboxylic acids is 1. The zero-order valence-electron chi connectivity index (χ0n) is 22.8. The number of esters is 1. The Balaban J connectivity index is 1.34. The Morgan fingerprint density at radius 3 is 1.72 bits per heavy atom. The van der Waals surface area contributed by atoms with Gasteiger partial charge in [0.2, 0.25) is 0 Å². The topological polar surface area (TPSA) is 78.7 Å². The maximum atomic E-state index is 12.5. The molecule has 0 aliphatic heterocycles. The van der Waals surface area contributed by atoms with Gasteiger partial charge < -0.3 is 9.47 Å². The van der Waals surface area contributed by atoms with Gasteiger partial charge in [-0.3, -0.25) is 10.1 Å². The SMILES string of the molecule is CCCCCCCCCCCCOc1ccc(C(=O)Oc2ccc(C=Cc3ccc([N+](=O)[O-])cc3)cc2)cc1. The van der Waals surface area contributed by atoms with Crippen LogP contribution in [0.15, 0.2) is 72.8 Å². The first-order valence-corrected chi connectivity index (χ1v) is 14.0. The Bertz CT molecular complexity index is 1170. The fourth-order valence-electron chi connectivity index (χ4n) is 4.18. The number of carbonyl (C=O) groups is 1. The minimum absolute atomic E-state index is 0.0600. The number of rotatable bonds is 17. The van der Waals surface area contributed by atoms with Crippen LogP contribution in [0.1, 0.15) is 92.6 Å². The second-order valence-electron chi connectivity index (χ2n) is 9.70. The fraction of sp³-hybridized carbons (Fsp3) is 0.364. The zero-order chi connectivity index (χ0) is 27.7. The number of nitro benzene ring substituents is 1. The Morgan fingerprint density at radius 2 is 1.18 bits per heavy atom. The molecule has 39 heavy (non-hydrogen) atoms. The van der Waals surface area contributed by atoms with E-state index >= 15 is 0 Å². The lowest BCUT2D eigenvalue weighted by molar-refractivity contribution is -0.384. The van der Waals surface area contributed by atoms with Gasteiger partial charge in [-0.05, 0) is 66.1 Å². The number of benzene rings is 3. The highest BCUT2D eigenvalue weighted by Gasteiger charge is 2.09. The molecule has 0 bridgehead atoms. The molecule has 0 N–H and O–H groups in total. The van der Waals surface area contributed by atoms with Crippen LogP contribution < -0.4 is 9.47 Å². The minimum atomic E-state index is -0.426. The monoisotopic (exact) mass is 529 g/mol. The zero-order valence-corrected chi connectivity index (χ0v) is 22.8. The van der Waals surface area contributed by atoms with Gasteiger partial charge >= 0.3 is 5.97 Å². The van der Waals surface area contributed by atoms with Gasteiger partial charge in [0, 0.05) is 12.1 Å². The summed E-state index contributed by atoms with van der Waals surface area (Å²) in [5.41, 5.74) is 2.29. The van der Waals surface area contributed by atoms with Crippen molar-refractivity contribution in [1.29, 1.82) is 0 Å². The molecule has 6 nitrogen and oxygen atoms in total. The summed E-state index contributed by atoms with van der Waals surface area (Å²) in [5.74, 6) is 0.783. The van der Waals surface area contributed by atoms with E-state index in [2.05, 4.69) is 6.92 Å². The third-order valence-corrected chi connectivity index (χ3v) is 6.52. The van der Waals surface area contributed by atoms with E-state index in [9.17, 15) is 14.9 Å². The smallest absolute Gasteiger partial charge is 0.343 e. The van der Waals surface area contributed by atoms with Gasteiger partial charge in [0.15, 0.2) is 0 Å². The van der Waals surface area contributed by atoms with Crippen molar-refractivity contribution in [2.24, 2.45) is 0 Å². The van der Waals surface area contributed by atoms with Crippen molar-refractivity contribution in [1.82, 2.24) is 0 Å². The summed E-state index contributed by atoms with van der Waals surface area (Å²) in [5, 5.41) is 10.8. The Hall–Kier alpha value is -3.93. The van der Waals surface area contributed by atoms with E-state index in [0.29, 0.717) is 17.9 Å². The molecule has 3 aromatic rings. The van der Waals surface area contributed by atoms with Gasteiger partial charge in [-0.15, -0.1) is 0 Å². The average Bonchev–Trinajstić information content (AvgIpc) is 2.96. The lowest BCUT2D eigenvalue weighted by atomic mass is 10.1. The quantitative estimate of drug-likeness (QED) is 0.0435. The first-order valence-electron chi connectivity index (χ1n) is 14.0. The molecule has 3 aromatic carbocycles. The van der Waals surface area contributed by atoms with E-state index in [1.165, 1.54) is 69.9 Å². The Kier molecular flexibility index (Phi) is 12.8. The molecule has 0 amide bonds. The molecule has 0 atom stereocenters. The number of non-ortho nitro benzene ring substituents is 1. The number of hydrogen-bond acceptors (Lipinski definition) is 5. The van der Waals surface area contributed by atoms with Crippen LogP contribution >= 0.6 is 0 Å². The van der Waals surface area contributed by atoms with Crippen molar-refractivity contribution in [3.63, 3.8) is 0 Å². The molecule has 0 saturated carbocycles. The number of hydrogen-bond donors (Lipinski definition) is 0. The van der Waals surface area contributed by atoms with E-state index in [1.807, 2.05) is 24.3 Å². The summed E-state index contributed by atoms with van der Waals surface area (Å²) in [7, 11) is 0. The highest BCUT2D eigenvalue weighted by molar-refractivity contribution is 5.91. The predicted octanol–water partition coefficient (Wildman–Crippen LogP) is 9.28. The summed E-state index contributed by atoms with van der Waals surface area (Å²) in [4.78, 5) is 22.9. The average molecular weight is 530 g/mol. The summed E-state index contributed by atoms with van der Waals surface area (Å²) in [6.07, 6.45) is 16.7. The second-order valence-corrected chi connectivity index (χ2v) is 9.70. The maximum Gasteiger partial charge on any atom is 0.343 e. The van der Waals surface area contributed by atoms with Crippen molar-refractivity contribution >= 4 is 23.8 Å². The van der Waals surface area contributed by atoms with Crippen LogP contribution in [0.3, 0.4) is 0 Å². The lowest BCUT2D eigenvalue weighted by Crippen LogP contribution is -2.08. The standard InChI is InChI=1S/C33H39NO5/c1-2-3-4-5-6-7-8-9-10-11-26-38-31-24-18-29(19-25-31)33(35)39-32-22-16-28(17-23-32)13-12-27-14-20-30(21-15-27)34(36)37/h12-25H,2-11,26H2,1H3. The number of ether oxygens (including phenoxy) is 2. The van der Waals surface area contributed by atoms with Gasteiger partial charge in [-0.25, -0.2) is 4.79 Å². The highest BCUT2D eigenvalue weighted by Crippen LogP contribution is 2.19. The van der Waals surface area contributed by atoms with Crippen molar-refractivity contribution in [3.8, 4) is 11.5 Å². The van der Waals surface area contributed by atoms with Gasteiger partial charge in [-0.2, -0.15) is 0 Å². The normalized spacial score (nSPS) is 11.0. The van der Waals surface area contributed by atoms with Crippen LogP contribution in [0, 0.1) is 10.1 Å². The highest BCUT2D eigenvalue weighted by atomic mass is 16.6. The number of unbranched alkanes of at least 4 members (excludes halogenated alkanes) is 9. The van der Waals surface area contributed by atoms with E-state index in [0.717, 1.165) is 23.3 Å². The van der Waals surface area contributed by atoms with Crippen molar-refractivity contribution in [2.45, 2.75) is 71.1 Å². The number of nitrogens with zero attached hydrogens (tertiary/aromatic N) is 1. The molecule has 206 valence electrons. The van der Waals surface area contributed by atoms with Crippen LogP contribution in [0.4, 0.5) is 5.69 Å². The molecule has 0 saturated heterocycles. The molecule has 0 aliphatic rings. The van der Waals surface area contributed by atoms with Gasteiger partial charge in [0.25, 0.3) is 5.69 Å². The molecule has 0 heterocycles. The van der Waals surface area contributed by atoms with Gasteiger partial charge in [0.05, 0.1) is 17.1 Å². The molecule has 0 unspecified atom stereocenters. The van der Waals surface area contributed by atoms with Crippen LogP contribution in [-0.4, -0.2) is 17.5 Å². The molecule has 6 heteroatoms. The van der Waals surface area contributed by atoms with Gasteiger partial charge in [-0.1, -0.05) is 89.0 Å². The fourth-order valence-corrected chi connectivity index (χ4v) is 4.18. The van der Waals surface area contributed by atoms with Gasteiger partial charge in [0.1, 0.15) is 11.5 Å². The minimum Gasteiger partial charge on any atom is -0.494 e. The molecule has 3 rings (SSSR count). The maximum absolute atomic E-state index is 12.5. The lowest BCUT2D eigenvalue weighted by Gasteiger charge is -2.08. The number of nitro groups is 1. The van der Waals surface area contributed by atoms with Crippen LogP contribution in [0.5, 0.6) is 11.5 Å². The summed E-state index contributed by atoms with van der Waals surface area (Å²) < 4.78 is 11.3. The summed E-state index contributed by atoms with van der Waals surface area (Å²) in [6, 6.07) is 20.5. The van der Waals surface area contributed by atoms with Crippen LogP contribution in [-0.2, 0) is 0 Å². The molecular formula is C33H39NO5. The van der Waals surface area contributed by atoms with Crippen molar-refractivity contribution < 1.29 is 19.2 Å². The van der Waals surface area contributed by atoms with E-state index in [1.54, 1.807) is 48.5 Å². The van der Waals surface area contributed by atoms with E-state index in [-0.39, 0.29) is 5.69 Å². The first-order chi connectivity index (χ1) is 19.0. The Labute approximate surface area is 231 Å². The van der Waals surface area contributed by atoms with Crippen molar-refractivity contribution in [3.05, 3.63) is 99.6 Å². The molecule has 0 aliphatic carbocycles. The first kappa shape index (κ1) is 29.6. The van der Waals surface area contributed by atoms with E-state index in [4.69, 9.17) is 9.47 Å². The van der Waals surface area contributed by atoms with Crippen LogP contribution in [0.25, 0.3) is 12.2 Å². The molecule has 0 aromatic heterocycles. The van der Waals surface area contributed by atoms with Crippen molar-refractivity contribution in [2.75, 3.05) is 6.61 Å². The largest absolute Gasteiger partial charge is 0.494 e. The Morgan fingerprint density at radius 1 is 0.692 bits per heavy atom. The summed E-state index contributed by atoms with van der Waals surface area (Å²) >= 11 is 0. The third-order valence-electron chi connectivity index (χ3n) is 6.52. The van der Waals surface area contributed by atoms with E-state index < -0.39 is 10.9 Å². The molecule has 0 fully saturated rings. The third kappa shape index (κ3) is 11.1. The molecule has 0 spiro atoms. The summed E-state index contributed by atoms with van der Waals surface area (Å²) in [6.45, 7) is 2.94.